The van der Waals surface area contributed by atoms with E-state index in [2.05, 4.69) is 87.4 Å². The van der Waals surface area contributed by atoms with Crippen molar-refractivity contribution >= 4 is 67.3 Å². The Labute approximate surface area is 170 Å². The molecule has 4 unspecified atom stereocenters. The van der Waals surface area contributed by atoms with Crippen molar-refractivity contribution in [3.05, 3.63) is 60.8 Å². The van der Waals surface area contributed by atoms with Gasteiger partial charge in [-0.3, -0.25) is 0 Å². The Morgan fingerprint density at radius 2 is 1.50 bits per heavy atom. The zero-order valence-electron chi connectivity index (χ0n) is 14.8. The van der Waals surface area contributed by atoms with E-state index in [4.69, 9.17) is 4.98 Å². The number of hydrogen-bond donors (Lipinski definition) is 2. The van der Waals surface area contributed by atoms with Crippen molar-refractivity contribution < 1.29 is 0 Å². The first-order valence-electron chi connectivity index (χ1n) is 8.77. The van der Waals surface area contributed by atoms with Crippen LogP contribution in [0.5, 0.6) is 0 Å². The molecule has 0 radical (unpaired) electrons. The molecule has 2 aromatic heterocycles. The van der Waals surface area contributed by atoms with Crippen LogP contribution in [0.2, 0.25) is 0 Å². The van der Waals surface area contributed by atoms with E-state index in [0.29, 0.717) is 16.5 Å². The van der Waals surface area contributed by atoms with Crippen LogP contribution in [-0.2, 0) is 0 Å². The number of aromatic nitrogens is 4. The van der Waals surface area contributed by atoms with Crippen molar-refractivity contribution in [3.63, 3.8) is 0 Å². The predicted octanol–water partition coefficient (Wildman–Crippen LogP) is 4.96. The molecule has 2 heterocycles. The maximum absolute atomic E-state index is 4.74. The van der Waals surface area contributed by atoms with Gasteiger partial charge in [0.25, 0.3) is 0 Å². The number of fused-ring (bicyclic) bond motifs is 3. The van der Waals surface area contributed by atoms with Gasteiger partial charge in [0.1, 0.15) is 11.1 Å². The average Bonchev–Trinajstić information content (AvgIpc) is 3.40. The van der Waals surface area contributed by atoms with Gasteiger partial charge in [-0.15, -0.1) is 17.9 Å². The molecule has 4 atom stereocenters. The normalized spacial score (nSPS) is 12.4. The number of nitrogens with one attached hydrogen (secondary N) is 2. The maximum Gasteiger partial charge on any atom is 0.130 e. The molecule has 0 spiro atoms. The number of hydrogen-bond acceptors (Lipinski definition) is 2. The summed E-state index contributed by atoms with van der Waals surface area (Å²) in [5.41, 5.74) is 8.69. The smallest absolute Gasteiger partial charge is 0.130 e. The Morgan fingerprint density at radius 3 is 2.25 bits per heavy atom. The minimum Gasteiger partial charge on any atom is -0.344 e. The Morgan fingerprint density at radius 1 is 0.750 bits per heavy atom. The summed E-state index contributed by atoms with van der Waals surface area (Å²) < 4.78 is 0. The molecule has 138 valence electrons. The van der Waals surface area contributed by atoms with Gasteiger partial charge in [-0.25, -0.2) is 9.97 Å². The molecule has 4 nitrogen and oxygen atoms in total. The van der Waals surface area contributed by atoms with Gasteiger partial charge in [0.2, 0.25) is 0 Å². The molecule has 28 heavy (non-hydrogen) atoms. The number of imidazole rings is 2. The number of aromatic amines is 2. The highest BCUT2D eigenvalue weighted by atomic mass is 32.0. The van der Waals surface area contributed by atoms with E-state index in [1.54, 1.807) is 0 Å². The minimum absolute atomic E-state index is 0.590. The average molecular weight is 438 g/mol. The summed E-state index contributed by atoms with van der Waals surface area (Å²) in [6.07, 6.45) is 1.97. The number of benzene rings is 3. The summed E-state index contributed by atoms with van der Waals surface area (Å²) in [4.78, 5) is 15.9. The molecule has 0 aliphatic carbocycles. The van der Waals surface area contributed by atoms with Crippen molar-refractivity contribution in [2.75, 3.05) is 0 Å². The molecular weight excluding hydrogens is 420 g/mol. The van der Waals surface area contributed by atoms with E-state index in [0.717, 1.165) is 33.4 Å². The molecule has 0 aliphatic heterocycles. The second-order valence-electron chi connectivity index (χ2n) is 6.48. The second kappa shape index (κ2) is 7.62. The van der Waals surface area contributed by atoms with Crippen LogP contribution in [0.1, 0.15) is 0 Å². The highest BCUT2D eigenvalue weighted by molar-refractivity contribution is 8.06. The summed E-state index contributed by atoms with van der Waals surface area (Å²) in [6.45, 7) is 0. The lowest BCUT2D eigenvalue weighted by molar-refractivity contribution is 1.41. The van der Waals surface area contributed by atoms with Gasteiger partial charge in [0, 0.05) is 17.1 Å². The molecule has 2 N–H and O–H groups in total. The van der Waals surface area contributed by atoms with E-state index in [-0.39, 0.29) is 0 Å². The third kappa shape index (κ3) is 3.30. The Balaban J connectivity index is 1.52. The molecule has 5 aromatic rings. The Hall–Kier alpha value is -1.68. The van der Waals surface area contributed by atoms with Crippen LogP contribution in [-0.4, -0.2) is 19.9 Å². The van der Waals surface area contributed by atoms with Gasteiger partial charge < -0.3 is 9.97 Å². The Bertz CT molecular complexity index is 1290. The molecule has 0 aliphatic rings. The molecule has 0 fully saturated rings. The maximum atomic E-state index is 4.74. The standard InChI is InChI=1S/C20H18N4P4/c25-27-19-21-10-17(23-19)12-3-1-11(2-4-12)13-5-7-15-14(9-13)6-8-16-18(15)24-20(22-16)28-26/h1-10,27-28H,25-26H2,(H,21,23)(H,22,24). The van der Waals surface area contributed by atoms with Gasteiger partial charge in [0.05, 0.1) is 16.7 Å². The SMILES string of the molecule is PPc1nc(-c2ccc(-c3ccc4c(ccc5[nH]c(PP)nc54)c3)cc2)c[nH]1. The van der Waals surface area contributed by atoms with Crippen molar-refractivity contribution in [2.24, 2.45) is 0 Å². The van der Waals surface area contributed by atoms with Crippen LogP contribution >= 0.6 is 34.4 Å². The molecule has 3 aromatic carbocycles. The van der Waals surface area contributed by atoms with E-state index >= 15 is 0 Å². The Kier molecular flexibility index (Phi) is 5.00. The first kappa shape index (κ1) is 18.4. The lowest BCUT2D eigenvalue weighted by atomic mass is 9.99. The van der Waals surface area contributed by atoms with Crippen LogP contribution in [0.4, 0.5) is 0 Å². The van der Waals surface area contributed by atoms with Gasteiger partial charge in [-0.2, -0.15) is 0 Å². The lowest BCUT2D eigenvalue weighted by Crippen LogP contribution is -1.94. The van der Waals surface area contributed by atoms with Crippen LogP contribution in [0.15, 0.2) is 60.8 Å². The zero-order valence-corrected chi connectivity index (χ0v) is 19.1. The van der Waals surface area contributed by atoms with Crippen molar-refractivity contribution in [3.8, 4) is 22.4 Å². The fourth-order valence-electron chi connectivity index (χ4n) is 3.43. The van der Waals surface area contributed by atoms with Crippen molar-refractivity contribution in [1.29, 1.82) is 0 Å². The molecule has 0 saturated heterocycles. The monoisotopic (exact) mass is 438 g/mol. The van der Waals surface area contributed by atoms with Crippen LogP contribution in [0.25, 0.3) is 44.2 Å². The first-order valence-corrected chi connectivity index (χ1v) is 14.4. The quantitative estimate of drug-likeness (QED) is 0.390. The highest BCUT2D eigenvalue weighted by Crippen LogP contribution is 2.30. The lowest BCUT2D eigenvalue weighted by Gasteiger charge is -2.06. The van der Waals surface area contributed by atoms with Gasteiger partial charge in [-0.05, 0) is 45.2 Å². The van der Waals surface area contributed by atoms with E-state index < -0.39 is 0 Å². The molecule has 5 rings (SSSR count). The molecule has 8 heteroatoms. The predicted molar refractivity (Wildman–Crippen MR) is 132 cm³/mol. The molecule has 0 saturated carbocycles. The summed E-state index contributed by atoms with van der Waals surface area (Å²) in [7, 11) is 6.65. The number of H-pyrrole nitrogens is 2. The number of rotatable bonds is 4. The fraction of sp³-hybridized carbons (Fsp3) is 0. The summed E-state index contributed by atoms with van der Waals surface area (Å²) in [6, 6.07) is 19.5. The zero-order chi connectivity index (χ0) is 19.1. The van der Waals surface area contributed by atoms with Crippen LogP contribution in [0, 0.1) is 0 Å². The first-order chi connectivity index (χ1) is 13.7. The molecule has 0 amide bonds. The second-order valence-corrected chi connectivity index (χ2v) is 9.74. The van der Waals surface area contributed by atoms with Gasteiger partial charge >= 0.3 is 0 Å². The van der Waals surface area contributed by atoms with Crippen LogP contribution in [0.3, 0.4) is 0 Å². The highest BCUT2D eigenvalue weighted by Gasteiger charge is 2.08. The molecular formula is C20H18N4P4. The van der Waals surface area contributed by atoms with Gasteiger partial charge in [-0.1, -0.05) is 42.5 Å². The summed E-state index contributed by atoms with van der Waals surface area (Å²) in [5.74, 6) is 0. The number of nitrogens with zero attached hydrogens (tertiary/aromatic N) is 2. The molecule has 0 bridgehead atoms. The van der Waals surface area contributed by atoms with Crippen molar-refractivity contribution in [1.82, 2.24) is 19.9 Å². The third-order valence-electron chi connectivity index (χ3n) is 4.83. The largest absolute Gasteiger partial charge is 0.344 e. The van der Waals surface area contributed by atoms with Gasteiger partial charge in [0.15, 0.2) is 0 Å². The van der Waals surface area contributed by atoms with Crippen LogP contribution < -0.4 is 11.1 Å². The summed E-state index contributed by atoms with van der Waals surface area (Å²) in [5, 5.41) is 2.39. The van der Waals surface area contributed by atoms with E-state index in [1.807, 2.05) is 6.20 Å². The minimum atomic E-state index is 0.590. The third-order valence-corrected chi connectivity index (χ3v) is 7.51. The van der Waals surface area contributed by atoms with E-state index in [9.17, 15) is 0 Å². The summed E-state index contributed by atoms with van der Waals surface area (Å²) >= 11 is 0. The fourth-order valence-corrected chi connectivity index (χ4v) is 5.00. The van der Waals surface area contributed by atoms with Crippen molar-refractivity contribution in [2.45, 2.75) is 0 Å². The topological polar surface area (TPSA) is 57.4 Å². The van der Waals surface area contributed by atoms with E-state index in [1.165, 1.54) is 21.9 Å².